The summed E-state index contributed by atoms with van der Waals surface area (Å²) in [5, 5.41) is 8.80. The molecule has 1 rings (SSSR count). The van der Waals surface area contributed by atoms with Crippen molar-refractivity contribution in [3.63, 3.8) is 0 Å². The molecule has 116 valence electrons. The Labute approximate surface area is 121 Å². The quantitative estimate of drug-likeness (QED) is 0.812. The summed E-state index contributed by atoms with van der Waals surface area (Å²) >= 11 is 0. The summed E-state index contributed by atoms with van der Waals surface area (Å²) in [6.45, 7) is -1.67. The van der Waals surface area contributed by atoms with E-state index in [4.69, 9.17) is 5.11 Å². The first-order valence-electron chi connectivity index (χ1n) is 6.43. The molecule has 0 unspecified atom stereocenters. The van der Waals surface area contributed by atoms with E-state index in [2.05, 4.69) is 0 Å². The third kappa shape index (κ3) is 5.47. The van der Waals surface area contributed by atoms with Gasteiger partial charge < -0.3 is 14.9 Å². The van der Waals surface area contributed by atoms with E-state index in [0.29, 0.717) is 5.56 Å². The van der Waals surface area contributed by atoms with Gasteiger partial charge >= 0.3 is 0 Å². The molecule has 1 aromatic carbocycles. The number of hydrogen-bond donors (Lipinski definition) is 1. The Morgan fingerprint density at radius 1 is 1.24 bits per heavy atom. The molecule has 0 aromatic heterocycles. The molecule has 0 atom stereocenters. The normalized spacial score (nSPS) is 10.5. The van der Waals surface area contributed by atoms with Gasteiger partial charge in [-0.3, -0.25) is 9.59 Å². The Morgan fingerprint density at radius 2 is 1.86 bits per heavy atom. The number of rotatable bonds is 7. The van der Waals surface area contributed by atoms with Crippen LogP contribution in [0.15, 0.2) is 30.3 Å². The first kappa shape index (κ1) is 17.0. The monoisotopic (exact) mass is 300 g/mol. The fraction of sp³-hybridized carbons (Fsp3) is 0.429. The number of halogens is 2. The van der Waals surface area contributed by atoms with Crippen molar-refractivity contribution in [3.05, 3.63) is 35.9 Å². The lowest BCUT2D eigenvalue weighted by atomic mass is 10.2. The van der Waals surface area contributed by atoms with E-state index in [0.717, 1.165) is 9.80 Å². The minimum Gasteiger partial charge on any atom is -0.395 e. The highest BCUT2D eigenvalue weighted by Gasteiger charge is 2.21. The van der Waals surface area contributed by atoms with E-state index in [1.807, 2.05) is 0 Å². The zero-order valence-electron chi connectivity index (χ0n) is 11.7. The number of aliphatic hydroxyl groups is 1. The topological polar surface area (TPSA) is 60.9 Å². The van der Waals surface area contributed by atoms with Gasteiger partial charge in [-0.1, -0.05) is 18.2 Å². The molecular formula is C14H18F2N2O3. The predicted molar refractivity (Wildman–Crippen MR) is 73.1 cm³/mol. The number of benzene rings is 1. The van der Waals surface area contributed by atoms with Crippen LogP contribution in [0.1, 0.15) is 10.4 Å². The molecule has 0 aliphatic rings. The van der Waals surface area contributed by atoms with Crippen molar-refractivity contribution in [2.24, 2.45) is 0 Å². The van der Waals surface area contributed by atoms with E-state index in [1.165, 1.54) is 7.05 Å². The van der Waals surface area contributed by atoms with Crippen LogP contribution in [0.5, 0.6) is 0 Å². The molecule has 0 heterocycles. The molecule has 0 fully saturated rings. The van der Waals surface area contributed by atoms with Gasteiger partial charge in [0.25, 0.3) is 12.3 Å². The van der Waals surface area contributed by atoms with Gasteiger partial charge in [-0.25, -0.2) is 8.78 Å². The standard InChI is InChI=1S/C14H18F2N2O3/c1-17(14(21)11-5-3-2-4-6-11)10-13(20)18(7-8-19)9-12(15)16/h2-6,12,19H,7-10H2,1H3. The lowest BCUT2D eigenvalue weighted by molar-refractivity contribution is -0.134. The molecule has 21 heavy (non-hydrogen) atoms. The van der Waals surface area contributed by atoms with Gasteiger partial charge in [0.1, 0.15) is 0 Å². The van der Waals surface area contributed by atoms with Crippen LogP contribution in [0.25, 0.3) is 0 Å². The van der Waals surface area contributed by atoms with Crippen molar-refractivity contribution in [3.8, 4) is 0 Å². The maximum Gasteiger partial charge on any atom is 0.255 e. The largest absolute Gasteiger partial charge is 0.395 e. The van der Waals surface area contributed by atoms with Crippen molar-refractivity contribution < 1.29 is 23.5 Å². The third-order valence-corrected chi connectivity index (χ3v) is 2.82. The zero-order valence-corrected chi connectivity index (χ0v) is 11.7. The molecule has 1 N–H and O–H groups in total. The van der Waals surface area contributed by atoms with Crippen LogP contribution in [0.4, 0.5) is 8.78 Å². The Morgan fingerprint density at radius 3 is 2.38 bits per heavy atom. The van der Waals surface area contributed by atoms with Gasteiger partial charge in [-0.2, -0.15) is 0 Å². The maximum absolute atomic E-state index is 12.4. The van der Waals surface area contributed by atoms with Gasteiger partial charge in [-0.15, -0.1) is 0 Å². The first-order valence-corrected chi connectivity index (χ1v) is 6.43. The number of alkyl halides is 2. The van der Waals surface area contributed by atoms with Gasteiger partial charge in [0.15, 0.2) is 0 Å². The summed E-state index contributed by atoms with van der Waals surface area (Å²) in [6.07, 6.45) is -2.68. The van der Waals surface area contributed by atoms with E-state index in [-0.39, 0.29) is 19.0 Å². The summed E-state index contributed by atoms with van der Waals surface area (Å²) in [6, 6.07) is 8.35. The Bertz CT molecular complexity index is 469. The number of likely N-dealkylation sites (N-methyl/N-ethyl adjacent to an activating group) is 1. The highest BCUT2D eigenvalue weighted by molar-refractivity contribution is 5.96. The van der Waals surface area contributed by atoms with Crippen LogP contribution in [0, 0.1) is 0 Å². The van der Waals surface area contributed by atoms with Crippen LogP contribution in [-0.4, -0.2) is 66.4 Å². The second-order valence-corrected chi connectivity index (χ2v) is 4.48. The molecule has 5 nitrogen and oxygen atoms in total. The minimum absolute atomic E-state index is 0.184. The van der Waals surface area contributed by atoms with E-state index in [1.54, 1.807) is 30.3 Å². The fourth-order valence-electron chi connectivity index (χ4n) is 1.78. The number of carbonyl (C=O) groups excluding carboxylic acids is 2. The van der Waals surface area contributed by atoms with Crippen molar-refractivity contribution in [1.29, 1.82) is 0 Å². The Kier molecular flexibility index (Phi) is 6.74. The Hall–Kier alpha value is -2.02. The molecule has 1 aromatic rings. The van der Waals surface area contributed by atoms with Gasteiger partial charge in [0, 0.05) is 19.2 Å². The number of amides is 2. The second-order valence-electron chi connectivity index (χ2n) is 4.48. The maximum atomic E-state index is 12.4. The molecule has 7 heteroatoms. The smallest absolute Gasteiger partial charge is 0.255 e. The zero-order chi connectivity index (χ0) is 15.8. The number of hydrogen-bond acceptors (Lipinski definition) is 3. The van der Waals surface area contributed by atoms with Gasteiger partial charge in [0.2, 0.25) is 5.91 Å². The summed E-state index contributed by atoms with van der Waals surface area (Å²) in [5.41, 5.74) is 0.412. The summed E-state index contributed by atoms with van der Waals surface area (Å²) in [5.74, 6) is -0.999. The number of carbonyl (C=O) groups is 2. The SMILES string of the molecule is CN(CC(=O)N(CCO)CC(F)F)C(=O)c1ccccc1. The highest BCUT2D eigenvalue weighted by atomic mass is 19.3. The van der Waals surface area contributed by atoms with Crippen LogP contribution in [0.2, 0.25) is 0 Å². The van der Waals surface area contributed by atoms with Crippen LogP contribution >= 0.6 is 0 Å². The summed E-state index contributed by atoms with van der Waals surface area (Å²) in [7, 11) is 1.42. The molecule has 0 bridgehead atoms. The molecule has 2 amide bonds. The number of nitrogens with zero attached hydrogens (tertiary/aromatic N) is 2. The van der Waals surface area contributed by atoms with Gasteiger partial charge in [-0.05, 0) is 12.1 Å². The van der Waals surface area contributed by atoms with Crippen LogP contribution in [0.3, 0.4) is 0 Å². The minimum atomic E-state index is -2.68. The predicted octanol–water partition coefficient (Wildman–Crippen LogP) is 0.845. The van der Waals surface area contributed by atoms with Crippen molar-refractivity contribution in [2.75, 3.05) is 33.3 Å². The molecular weight excluding hydrogens is 282 g/mol. The lowest BCUT2D eigenvalue weighted by Crippen LogP contribution is -2.44. The van der Waals surface area contributed by atoms with Crippen LogP contribution in [-0.2, 0) is 4.79 Å². The van der Waals surface area contributed by atoms with E-state index < -0.39 is 25.5 Å². The molecule has 0 saturated carbocycles. The molecule has 0 spiro atoms. The average molecular weight is 300 g/mol. The van der Waals surface area contributed by atoms with Crippen molar-refractivity contribution in [2.45, 2.75) is 6.43 Å². The first-order chi connectivity index (χ1) is 9.95. The van der Waals surface area contributed by atoms with Crippen LogP contribution < -0.4 is 0 Å². The highest BCUT2D eigenvalue weighted by Crippen LogP contribution is 2.05. The lowest BCUT2D eigenvalue weighted by Gasteiger charge is -2.24. The average Bonchev–Trinajstić information content (AvgIpc) is 2.46. The summed E-state index contributed by atoms with van der Waals surface area (Å²) < 4.78 is 24.7. The molecule has 0 radical (unpaired) electrons. The van der Waals surface area contributed by atoms with Gasteiger partial charge in [0.05, 0.1) is 19.7 Å². The van der Waals surface area contributed by atoms with E-state index in [9.17, 15) is 18.4 Å². The van der Waals surface area contributed by atoms with E-state index >= 15 is 0 Å². The molecule has 0 aliphatic carbocycles. The Balaban J connectivity index is 2.65. The number of aliphatic hydroxyl groups excluding tert-OH is 1. The molecule has 0 aliphatic heterocycles. The second kappa shape index (κ2) is 8.31. The molecule has 0 saturated heterocycles. The van der Waals surface area contributed by atoms with Crippen molar-refractivity contribution >= 4 is 11.8 Å². The van der Waals surface area contributed by atoms with Crippen molar-refractivity contribution in [1.82, 2.24) is 9.80 Å². The third-order valence-electron chi connectivity index (χ3n) is 2.82. The fourth-order valence-corrected chi connectivity index (χ4v) is 1.78. The summed E-state index contributed by atoms with van der Waals surface area (Å²) in [4.78, 5) is 25.9.